The highest BCUT2D eigenvalue weighted by atomic mass is 15.0. The summed E-state index contributed by atoms with van der Waals surface area (Å²) in [5.41, 5.74) is 4.79. The zero-order valence-corrected chi connectivity index (χ0v) is 14.3. The Morgan fingerprint density at radius 1 is 0.920 bits per heavy atom. The second-order valence-corrected chi connectivity index (χ2v) is 6.54. The van der Waals surface area contributed by atoms with Crippen molar-refractivity contribution in [1.29, 1.82) is 0 Å². The molecule has 3 nitrogen and oxygen atoms in total. The highest BCUT2D eigenvalue weighted by molar-refractivity contribution is 6.15. The highest BCUT2D eigenvalue weighted by Gasteiger charge is 2.19. The second-order valence-electron chi connectivity index (χ2n) is 6.54. The van der Waals surface area contributed by atoms with Crippen LogP contribution in [-0.2, 0) is 7.05 Å². The monoisotopic (exact) mass is 324 g/mol. The summed E-state index contributed by atoms with van der Waals surface area (Å²) < 4.78 is 4.29. The SMILES string of the molecule is Cc1c(-c2cccc[n+]2C)c2cn3ccnc3cc2c2ccccc12. The smallest absolute Gasteiger partial charge is 0.213 e. The van der Waals surface area contributed by atoms with E-state index in [0.717, 1.165) is 5.65 Å². The number of benzene rings is 2. The molecule has 0 unspecified atom stereocenters. The molecule has 0 amide bonds. The second kappa shape index (κ2) is 5.15. The first-order valence-electron chi connectivity index (χ1n) is 8.47. The zero-order valence-electron chi connectivity index (χ0n) is 14.3. The summed E-state index contributed by atoms with van der Waals surface area (Å²) in [6.45, 7) is 2.22. The van der Waals surface area contributed by atoms with Gasteiger partial charge in [0.05, 0.1) is 5.56 Å². The third-order valence-electron chi connectivity index (χ3n) is 5.11. The first kappa shape index (κ1) is 14.2. The topological polar surface area (TPSA) is 21.2 Å². The van der Waals surface area contributed by atoms with Crippen molar-refractivity contribution in [1.82, 2.24) is 9.38 Å². The molecule has 25 heavy (non-hydrogen) atoms. The maximum Gasteiger partial charge on any atom is 0.213 e. The van der Waals surface area contributed by atoms with Crippen LogP contribution in [0.25, 0.3) is 38.4 Å². The van der Waals surface area contributed by atoms with Gasteiger partial charge in [0, 0.05) is 36.1 Å². The maximum absolute atomic E-state index is 4.48. The fourth-order valence-corrected chi connectivity index (χ4v) is 3.88. The molecule has 0 bridgehead atoms. The van der Waals surface area contributed by atoms with Crippen LogP contribution in [0, 0.1) is 6.92 Å². The minimum atomic E-state index is 0.977. The van der Waals surface area contributed by atoms with E-state index in [4.69, 9.17) is 0 Å². The summed E-state index contributed by atoms with van der Waals surface area (Å²) in [5, 5.41) is 5.08. The third-order valence-corrected chi connectivity index (χ3v) is 5.11. The number of aromatic nitrogens is 3. The van der Waals surface area contributed by atoms with Gasteiger partial charge in [-0.25, -0.2) is 9.55 Å². The van der Waals surface area contributed by atoms with Crippen LogP contribution in [0.3, 0.4) is 0 Å². The Labute approximate surface area is 145 Å². The molecule has 2 aromatic carbocycles. The molecule has 0 saturated heterocycles. The van der Waals surface area contributed by atoms with Gasteiger partial charge in [-0.15, -0.1) is 0 Å². The van der Waals surface area contributed by atoms with Crippen LogP contribution in [0.5, 0.6) is 0 Å². The van der Waals surface area contributed by atoms with Gasteiger partial charge in [0.15, 0.2) is 6.20 Å². The summed E-state index contributed by atoms with van der Waals surface area (Å²) in [5.74, 6) is 0. The lowest BCUT2D eigenvalue weighted by Gasteiger charge is -2.14. The lowest BCUT2D eigenvalue weighted by atomic mass is 9.91. The van der Waals surface area contributed by atoms with Crippen molar-refractivity contribution in [2.75, 3.05) is 0 Å². The Bertz CT molecular complexity index is 1260. The maximum atomic E-state index is 4.48. The lowest BCUT2D eigenvalue weighted by molar-refractivity contribution is -0.660. The average Bonchev–Trinajstić information content (AvgIpc) is 3.09. The Hall–Kier alpha value is -3.20. The normalized spacial score (nSPS) is 11.6. The molecule has 0 aliphatic heterocycles. The van der Waals surface area contributed by atoms with Crippen LogP contribution in [0.15, 0.2) is 73.3 Å². The molecule has 5 aromatic rings. The molecule has 0 atom stereocenters. The van der Waals surface area contributed by atoms with Crippen LogP contribution < -0.4 is 4.57 Å². The summed E-state index contributed by atoms with van der Waals surface area (Å²) in [6, 6.07) is 17.2. The predicted molar refractivity (Wildman–Crippen MR) is 102 cm³/mol. The van der Waals surface area contributed by atoms with Crippen molar-refractivity contribution >= 4 is 27.2 Å². The molecule has 120 valence electrons. The molecule has 0 aliphatic carbocycles. The van der Waals surface area contributed by atoms with Crippen LogP contribution in [-0.4, -0.2) is 9.38 Å². The lowest BCUT2D eigenvalue weighted by Crippen LogP contribution is -2.30. The molecule has 0 aliphatic rings. The Kier molecular flexibility index (Phi) is 2.92. The Balaban J connectivity index is 2.07. The van der Waals surface area contributed by atoms with Gasteiger partial charge in [0.25, 0.3) is 0 Å². The van der Waals surface area contributed by atoms with E-state index in [0.29, 0.717) is 0 Å². The summed E-state index contributed by atoms with van der Waals surface area (Å²) >= 11 is 0. The Morgan fingerprint density at radius 3 is 2.56 bits per heavy atom. The summed E-state index contributed by atoms with van der Waals surface area (Å²) in [7, 11) is 2.10. The molecular formula is C22H18N3+. The molecular weight excluding hydrogens is 306 g/mol. The molecule has 0 saturated carbocycles. The van der Waals surface area contributed by atoms with Crippen molar-refractivity contribution in [2.24, 2.45) is 7.05 Å². The largest absolute Gasteiger partial charge is 0.306 e. The van der Waals surface area contributed by atoms with Crippen LogP contribution in [0.2, 0.25) is 0 Å². The van der Waals surface area contributed by atoms with Gasteiger partial charge >= 0.3 is 0 Å². The molecule has 3 aromatic heterocycles. The van der Waals surface area contributed by atoms with E-state index < -0.39 is 0 Å². The van der Waals surface area contributed by atoms with Gasteiger partial charge < -0.3 is 4.40 Å². The molecule has 0 spiro atoms. The third kappa shape index (κ3) is 1.99. The molecule has 0 N–H and O–H groups in total. The van der Waals surface area contributed by atoms with E-state index >= 15 is 0 Å². The summed E-state index contributed by atoms with van der Waals surface area (Å²) in [6.07, 6.45) is 8.17. The predicted octanol–water partition coefficient (Wildman–Crippen LogP) is 4.44. The summed E-state index contributed by atoms with van der Waals surface area (Å²) in [4.78, 5) is 4.48. The van der Waals surface area contributed by atoms with Gasteiger partial charge in [0.1, 0.15) is 12.7 Å². The van der Waals surface area contributed by atoms with Crippen molar-refractivity contribution in [3.05, 3.63) is 78.9 Å². The number of aryl methyl sites for hydroxylation is 2. The van der Waals surface area contributed by atoms with Gasteiger partial charge in [-0.05, 0) is 40.8 Å². The number of fused-ring (bicyclic) bond motifs is 4. The molecule has 5 rings (SSSR count). The van der Waals surface area contributed by atoms with Gasteiger partial charge in [-0.1, -0.05) is 24.3 Å². The average molecular weight is 324 g/mol. The number of hydrogen-bond acceptors (Lipinski definition) is 1. The number of rotatable bonds is 1. The number of nitrogens with zero attached hydrogens (tertiary/aromatic N) is 3. The van der Waals surface area contributed by atoms with E-state index in [1.54, 1.807) is 0 Å². The molecule has 0 fully saturated rings. The fraction of sp³-hybridized carbons (Fsp3) is 0.0909. The molecule has 3 heteroatoms. The van der Waals surface area contributed by atoms with Crippen LogP contribution >= 0.6 is 0 Å². The van der Waals surface area contributed by atoms with E-state index in [1.807, 2.05) is 12.4 Å². The first-order valence-corrected chi connectivity index (χ1v) is 8.47. The number of imidazole rings is 1. The van der Waals surface area contributed by atoms with Crippen molar-refractivity contribution in [3.63, 3.8) is 0 Å². The standard InChI is InChI=1S/C22H18N3/c1-15-16-7-3-4-8-17(16)18-13-21-23-10-12-25(21)14-19(18)22(15)20-9-5-6-11-24(20)2/h3-14H,1-2H3/q+1. The van der Waals surface area contributed by atoms with Crippen molar-refractivity contribution in [3.8, 4) is 11.3 Å². The minimum Gasteiger partial charge on any atom is -0.306 e. The first-order chi connectivity index (χ1) is 12.2. The van der Waals surface area contributed by atoms with E-state index in [2.05, 4.69) is 88.8 Å². The fourth-order valence-electron chi connectivity index (χ4n) is 3.88. The van der Waals surface area contributed by atoms with E-state index in [1.165, 1.54) is 38.4 Å². The number of pyridine rings is 2. The highest BCUT2D eigenvalue weighted by Crippen LogP contribution is 2.37. The van der Waals surface area contributed by atoms with Crippen LogP contribution in [0.1, 0.15) is 5.56 Å². The Morgan fingerprint density at radius 2 is 1.72 bits per heavy atom. The van der Waals surface area contributed by atoms with Crippen molar-refractivity contribution < 1.29 is 4.57 Å². The van der Waals surface area contributed by atoms with Gasteiger partial charge in [0.2, 0.25) is 5.69 Å². The molecule has 3 heterocycles. The molecule has 0 radical (unpaired) electrons. The van der Waals surface area contributed by atoms with Crippen molar-refractivity contribution in [2.45, 2.75) is 6.92 Å². The minimum absolute atomic E-state index is 0.977. The quantitative estimate of drug-likeness (QED) is 0.330. The van der Waals surface area contributed by atoms with Gasteiger partial charge in [-0.3, -0.25) is 0 Å². The van der Waals surface area contributed by atoms with E-state index in [9.17, 15) is 0 Å². The van der Waals surface area contributed by atoms with Crippen LogP contribution in [0.4, 0.5) is 0 Å². The number of hydrogen-bond donors (Lipinski definition) is 0. The van der Waals surface area contributed by atoms with E-state index in [-0.39, 0.29) is 0 Å². The zero-order chi connectivity index (χ0) is 17.0. The van der Waals surface area contributed by atoms with Gasteiger partial charge in [-0.2, -0.15) is 0 Å².